The zero-order chi connectivity index (χ0) is 10.5. The van der Waals surface area contributed by atoms with Crippen LogP contribution in [0.4, 0.5) is 0 Å². The highest BCUT2D eigenvalue weighted by atomic mass is 15.3. The summed E-state index contributed by atoms with van der Waals surface area (Å²) in [6, 6.07) is 11.7. The second-order valence-electron chi connectivity index (χ2n) is 3.00. The Bertz CT molecular complexity index is 487. The Balaban J connectivity index is 2.26. The van der Waals surface area contributed by atoms with Crippen LogP contribution in [0, 0.1) is 11.3 Å². The van der Waals surface area contributed by atoms with E-state index in [4.69, 9.17) is 5.26 Å². The molecule has 0 radical (unpaired) electrons. The third-order valence-electron chi connectivity index (χ3n) is 2.01. The van der Waals surface area contributed by atoms with Gasteiger partial charge in [-0.2, -0.15) is 10.4 Å². The number of nitrogens with zero attached hydrogens (tertiary/aromatic N) is 3. The molecule has 0 aliphatic heterocycles. The first-order valence-electron chi connectivity index (χ1n) is 4.56. The molecule has 3 heteroatoms. The van der Waals surface area contributed by atoms with Crippen molar-refractivity contribution in [3.63, 3.8) is 0 Å². The molecule has 0 spiro atoms. The summed E-state index contributed by atoms with van der Waals surface area (Å²) in [5.41, 5.74) is 2.02. The van der Waals surface area contributed by atoms with E-state index in [9.17, 15) is 0 Å². The first-order chi connectivity index (χ1) is 7.40. The van der Waals surface area contributed by atoms with Crippen LogP contribution in [0.1, 0.15) is 5.56 Å². The van der Waals surface area contributed by atoms with E-state index in [1.165, 1.54) is 6.08 Å². The number of hydrogen-bond donors (Lipinski definition) is 0. The maximum absolute atomic E-state index is 8.38. The third-order valence-corrected chi connectivity index (χ3v) is 2.01. The molecular weight excluding hydrogens is 186 g/mol. The number of nitriles is 1. The molecule has 1 aromatic heterocycles. The zero-order valence-corrected chi connectivity index (χ0v) is 8.04. The zero-order valence-electron chi connectivity index (χ0n) is 8.04. The van der Waals surface area contributed by atoms with E-state index in [-0.39, 0.29) is 0 Å². The molecule has 0 N–H and O–H groups in total. The van der Waals surface area contributed by atoms with Crippen molar-refractivity contribution in [3.05, 3.63) is 54.4 Å². The first kappa shape index (κ1) is 9.22. The summed E-state index contributed by atoms with van der Waals surface area (Å²) in [5.74, 6) is 0. The van der Waals surface area contributed by atoms with Crippen LogP contribution in [0.5, 0.6) is 0 Å². The maximum atomic E-state index is 8.38. The van der Waals surface area contributed by atoms with Gasteiger partial charge in [-0.3, -0.25) is 0 Å². The molecule has 1 aromatic carbocycles. The lowest BCUT2D eigenvalue weighted by molar-refractivity contribution is 0.880. The Hall–Kier alpha value is -2.34. The van der Waals surface area contributed by atoms with Crippen LogP contribution in [-0.4, -0.2) is 9.78 Å². The Kier molecular flexibility index (Phi) is 2.61. The summed E-state index contributed by atoms with van der Waals surface area (Å²) in [6.07, 6.45) is 6.86. The van der Waals surface area contributed by atoms with Crippen molar-refractivity contribution in [2.24, 2.45) is 0 Å². The molecule has 72 valence electrons. The van der Waals surface area contributed by atoms with E-state index in [2.05, 4.69) is 5.10 Å². The fourth-order valence-corrected chi connectivity index (χ4v) is 1.29. The largest absolute Gasteiger partial charge is 0.241 e. The molecule has 0 saturated carbocycles. The SMILES string of the molecule is N#C/C=C/c1ccc(-n2cccn2)cc1. The molecule has 0 unspecified atom stereocenters. The molecule has 3 nitrogen and oxygen atoms in total. The predicted octanol–water partition coefficient (Wildman–Crippen LogP) is 2.41. The van der Waals surface area contributed by atoms with E-state index in [1.807, 2.05) is 42.6 Å². The number of allylic oxidation sites excluding steroid dienone is 1. The van der Waals surface area contributed by atoms with Crippen molar-refractivity contribution < 1.29 is 0 Å². The van der Waals surface area contributed by atoms with E-state index < -0.39 is 0 Å². The van der Waals surface area contributed by atoms with Gasteiger partial charge in [-0.25, -0.2) is 4.68 Å². The van der Waals surface area contributed by atoms with Gasteiger partial charge in [0.25, 0.3) is 0 Å². The van der Waals surface area contributed by atoms with E-state index in [1.54, 1.807) is 17.0 Å². The Morgan fingerprint density at radius 3 is 2.67 bits per heavy atom. The highest BCUT2D eigenvalue weighted by Gasteiger charge is 1.94. The topological polar surface area (TPSA) is 41.6 Å². The summed E-state index contributed by atoms with van der Waals surface area (Å²) in [5, 5.41) is 12.5. The molecule has 0 atom stereocenters. The van der Waals surface area contributed by atoms with Gasteiger partial charge in [0.1, 0.15) is 0 Å². The van der Waals surface area contributed by atoms with Crippen LogP contribution in [-0.2, 0) is 0 Å². The van der Waals surface area contributed by atoms with Gasteiger partial charge in [-0.15, -0.1) is 0 Å². The normalized spacial score (nSPS) is 10.3. The highest BCUT2D eigenvalue weighted by Crippen LogP contribution is 2.09. The van der Waals surface area contributed by atoms with Gasteiger partial charge in [-0.1, -0.05) is 12.1 Å². The number of hydrogen-bond acceptors (Lipinski definition) is 2. The lowest BCUT2D eigenvalue weighted by Gasteiger charge is -2.00. The fourth-order valence-electron chi connectivity index (χ4n) is 1.29. The summed E-state index contributed by atoms with van der Waals surface area (Å²) in [4.78, 5) is 0. The number of benzene rings is 1. The molecule has 2 rings (SSSR count). The maximum Gasteiger partial charge on any atom is 0.0912 e. The van der Waals surface area contributed by atoms with Crippen LogP contribution in [0.3, 0.4) is 0 Å². The molecule has 0 saturated heterocycles. The van der Waals surface area contributed by atoms with Crippen molar-refractivity contribution in [1.82, 2.24) is 9.78 Å². The summed E-state index contributed by atoms with van der Waals surface area (Å²) in [7, 11) is 0. The standard InChI is InChI=1S/C12H9N3/c13-8-1-3-11-4-6-12(7-5-11)15-10-2-9-14-15/h1-7,9-10H/b3-1+. The molecule has 0 aliphatic rings. The summed E-state index contributed by atoms with van der Waals surface area (Å²) in [6.45, 7) is 0. The van der Waals surface area contributed by atoms with Crippen molar-refractivity contribution >= 4 is 6.08 Å². The Morgan fingerprint density at radius 2 is 2.07 bits per heavy atom. The lowest BCUT2D eigenvalue weighted by atomic mass is 10.2. The second-order valence-corrected chi connectivity index (χ2v) is 3.00. The smallest absolute Gasteiger partial charge is 0.0912 e. The average molecular weight is 195 g/mol. The van der Waals surface area contributed by atoms with E-state index >= 15 is 0 Å². The Morgan fingerprint density at radius 1 is 1.27 bits per heavy atom. The molecule has 15 heavy (non-hydrogen) atoms. The fraction of sp³-hybridized carbons (Fsp3) is 0. The van der Waals surface area contributed by atoms with Crippen molar-refractivity contribution in [1.29, 1.82) is 5.26 Å². The van der Waals surface area contributed by atoms with Crippen LogP contribution < -0.4 is 0 Å². The van der Waals surface area contributed by atoms with Gasteiger partial charge >= 0.3 is 0 Å². The minimum Gasteiger partial charge on any atom is -0.241 e. The van der Waals surface area contributed by atoms with Gasteiger partial charge < -0.3 is 0 Å². The highest BCUT2D eigenvalue weighted by molar-refractivity contribution is 5.53. The lowest BCUT2D eigenvalue weighted by Crippen LogP contribution is -1.93. The quantitative estimate of drug-likeness (QED) is 0.690. The summed E-state index contributed by atoms with van der Waals surface area (Å²) >= 11 is 0. The first-order valence-corrected chi connectivity index (χ1v) is 4.56. The third kappa shape index (κ3) is 2.12. The Labute approximate surface area is 87.9 Å². The predicted molar refractivity (Wildman–Crippen MR) is 58.2 cm³/mol. The van der Waals surface area contributed by atoms with Crippen LogP contribution in [0.2, 0.25) is 0 Å². The molecule has 2 aromatic rings. The van der Waals surface area contributed by atoms with Gasteiger partial charge in [0, 0.05) is 18.5 Å². The van der Waals surface area contributed by atoms with Gasteiger partial charge in [0.05, 0.1) is 11.8 Å². The van der Waals surface area contributed by atoms with Crippen LogP contribution >= 0.6 is 0 Å². The molecule has 0 fully saturated rings. The minimum absolute atomic E-state index is 1.01. The number of aromatic nitrogens is 2. The van der Waals surface area contributed by atoms with Gasteiger partial charge in [-0.05, 0) is 29.8 Å². The van der Waals surface area contributed by atoms with E-state index in [0.29, 0.717) is 0 Å². The molecular formula is C12H9N3. The van der Waals surface area contributed by atoms with Crippen molar-refractivity contribution in [2.75, 3.05) is 0 Å². The van der Waals surface area contributed by atoms with Gasteiger partial charge in [0.2, 0.25) is 0 Å². The van der Waals surface area contributed by atoms with Crippen molar-refractivity contribution in [2.45, 2.75) is 0 Å². The monoisotopic (exact) mass is 195 g/mol. The van der Waals surface area contributed by atoms with Gasteiger partial charge in [0.15, 0.2) is 0 Å². The van der Waals surface area contributed by atoms with Crippen LogP contribution in [0.25, 0.3) is 11.8 Å². The minimum atomic E-state index is 1.01. The van der Waals surface area contributed by atoms with Crippen molar-refractivity contribution in [3.8, 4) is 11.8 Å². The molecule has 1 heterocycles. The van der Waals surface area contributed by atoms with Crippen LogP contribution in [0.15, 0.2) is 48.8 Å². The second kappa shape index (κ2) is 4.25. The molecule has 0 bridgehead atoms. The molecule has 0 amide bonds. The average Bonchev–Trinajstić information content (AvgIpc) is 2.80. The summed E-state index contributed by atoms with van der Waals surface area (Å²) < 4.78 is 1.79. The van der Waals surface area contributed by atoms with E-state index in [0.717, 1.165) is 11.3 Å². The molecule has 0 aliphatic carbocycles. The number of rotatable bonds is 2.